The Bertz CT molecular complexity index is 1300. The maximum Gasteiger partial charge on any atom is 0.364 e. The van der Waals surface area contributed by atoms with Gasteiger partial charge in [-0.15, -0.1) is 5.10 Å². The molecule has 0 saturated heterocycles. The van der Waals surface area contributed by atoms with Crippen LogP contribution >= 0.6 is 0 Å². The van der Waals surface area contributed by atoms with Crippen molar-refractivity contribution in [2.45, 2.75) is 13.0 Å². The van der Waals surface area contributed by atoms with Crippen LogP contribution in [0.15, 0.2) is 60.8 Å². The van der Waals surface area contributed by atoms with Crippen LogP contribution in [0.2, 0.25) is 0 Å². The van der Waals surface area contributed by atoms with Crippen molar-refractivity contribution >= 4 is 17.5 Å². The van der Waals surface area contributed by atoms with Gasteiger partial charge in [0.15, 0.2) is 11.5 Å². The van der Waals surface area contributed by atoms with Crippen molar-refractivity contribution in [3.8, 4) is 17.1 Å². The number of hydrogen-bond donors (Lipinski definition) is 2. The average Bonchev–Trinajstić information content (AvgIpc) is 3.23. The van der Waals surface area contributed by atoms with Gasteiger partial charge in [0, 0.05) is 18.3 Å². The Morgan fingerprint density at radius 3 is 2.71 bits per heavy atom. The van der Waals surface area contributed by atoms with Crippen molar-refractivity contribution < 1.29 is 23.8 Å². The van der Waals surface area contributed by atoms with Crippen molar-refractivity contribution in [3.05, 3.63) is 83.4 Å². The van der Waals surface area contributed by atoms with E-state index in [0.717, 1.165) is 0 Å². The van der Waals surface area contributed by atoms with Crippen LogP contribution in [0.1, 0.15) is 21.6 Å². The van der Waals surface area contributed by atoms with E-state index in [4.69, 9.17) is 15.6 Å². The molecule has 0 saturated carbocycles. The summed E-state index contributed by atoms with van der Waals surface area (Å²) in [6.07, 6.45) is 1.29. The van der Waals surface area contributed by atoms with Crippen LogP contribution in [-0.4, -0.2) is 31.6 Å². The van der Waals surface area contributed by atoms with E-state index in [0.29, 0.717) is 16.6 Å². The molecular formula is C22H17FN4O4. The van der Waals surface area contributed by atoms with E-state index in [1.165, 1.54) is 22.7 Å². The molecule has 0 radical (unpaired) electrons. The summed E-state index contributed by atoms with van der Waals surface area (Å²) >= 11 is 0. The highest BCUT2D eigenvalue weighted by Crippen LogP contribution is 2.24. The molecule has 0 unspecified atom stereocenters. The van der Waals surface area contributed by atoms with Crippen molar-refractivity contribution in [2.75, 3.05) is 0 Å². The number of carboxylic acids is 1. The van der Waals surface area contributed by atoms with Gasteiger partial charge in [-0.05, 0) is 35.9 Å². The summed E-state index contributed by atoms with van der Waals surface area (Å²) < 4.78 is 21.3. The van der Waals surface area contributed by atoms with Crippen LogP contribution in [0.25, 0.3) is 16.9 Å². The van der Waals surface area contributed by atoms with E-state index < -0.39 is 17.8 Å². The molecule has 0 spiro atoms. The number of para-hydroxylation sites is 1. The molecule has 0 aliphatic carbocycles. The van der Waals surface area contributed by atoms with E-state index in [1.807, 2.05) is 0 Å². The molecule has 156 valence electrons. The molecule has 0 atom stereocenters. The van der Waals surface area contributed by atoms with E-state index in [-0.39, 0.29) is 35.8 Å². The fraction of sp³-hybridized carbons (Fsp3) is 0.0909. The molecule has 0 aliphatic heterocycles. The van der Waals surface area contributed by atoms with E-state index in [2.05, 4.69) is 10.1 Å². The Morgan fingerprint density at radius 2 is 1.94 bits per heavy atom. The van der Waals surface area contributed by atoms with Gasteiger partial charge >= 0.3 is 11.9 Å². The zero-order valence-electron chi connectivity index (χ0n) is 16.2. The van der Waals surface area contributed by atoms with Crippen LogP contribution < -0.4 is 10.5 Å². The minimum Gasteiger partial charge on any atom is -0.481 e. The molecule has 4 rings (SSSR count). The second-order valence-electron chi connectivity index (χ2n) is 6.71. The molecule has 4 aromatic rings. The number of rotatable bonds is 6. The van der Waals surface area contributed by atoms with Gasteiger partial charge in [0.1, 0.15) is 11.6 Å². The van der Waals surface area contributed by atoms with Crippen LogP contribution in [0.4, 0.5) is 4.39 Å². The molecule has 8 nitrogen and oxygen atoms in total. The quantitative estimate of drug-likeness (QED) is 0.363. The van der Waals surface area contributed by atoms with Crippen LogP contribution in [-0.2, 0) is 17.8 Å². The highest BCUT2D eigenvalue weighted by Gasteiger charge is 2.21. The van der Waals surface area contributed by atoms with Crippen molar-refractivity contribution in [2.24, 2.45) is 5.73 Å². The second kappa shape index (κ2) is 8.33. The number of aromatic nitrogens is 3. The standard InChI is InChI=1S/C22H17FN4O4/c23-16-8-7-13(12-24)10-15(16)21-25-20(17-5-3-9-27(17)26-21)22(30)31-18-6-2-1-4-14(18)11-19(28)29/h1-10H,11-12,24H2,(H,28,29). The number of hydrogen-bond acceptors (Lipinski definition) is 6. The lowest BCUT2D eigenvalue weighted by Crippen LogP contribution is -2.16. The van der Waals surface area contributed by atoms with Crippen LogP contribution in [0.3, 0.4) is 0 Å². The van der Waals surface area contributed by atoms with Gasteiger partial charge < -0.3 is 15.6 Å². The number of carbonyl (C=O) groups excluding carboxylic acids is 1. The van der Waals surface area contributed by atoms with Crippen LogP contribution in [0, 0.1) is 5.82 Å². The summed E-state index contributed by atoms with van der Waals surface area (Å²) in [5, 5.41) is 13.4. The first kappa shape index (κ1) is 20.2. The Hall–Kier alpha value is -4.11. The van der Waals surface area contributed by atoms with Crippen molar-refractivity contribution in [1.29, 1.82) is 0 Å². The monoisotopic (exact) mass is 420 g/mol. The lowest BCUT2D eigenvalue weighted by Gasteiger charge is -2.11. The highest BCUT2D eigenvalue weighted by molar-refractivity contribution is 5.96. The molecule has 0 amide bonds. The third kappa shape index (κ3) is 4.12. The fourth-order valence-corrected chi connectivity index (χ4v) is 3.13. The van der Waals surface area contributed by atoms with Crippen molar-refractivity contribution in [3.63, 3.8) is 0 Å². The zero-order valence-corrected chi connectivity index (χ0v) is 16.2. The number of aliphatic carboxylic acids is 1. The van der Waals surface area contributed by atoms with Gasteiger partial charge in [0.05, 0.1) is 17.5 Å². The first-order valence-electron chi connectivity index (χ1n) is 9.32. The number of carboxylic acid groups (broad SMARTS) is 1. The third-order valence-corrected chi connectivity index (χ3v) is 4.61. The van der Waals surface area contributed by atoms with Gasteiger partial charge in [-0.2, -0.15) is 0 Å². The molecular weight excluding hydrogens is 403 g/mol. The molecule has 31 heavy (non-hydrogen) atoms. The van der Waals surface area contributed by atoms with Gasteiger partial charge in [-0.3, -0.25) is 4.79 Å². The largest absolute Gasteiger partial charge is 0.481 e. The summed E-state index contributed by atoms with van der Waals surface area (Å²) in [6.45, 7) is 0.203. The lowest BCUT2D eigenvalue weighted by molar-refractivity contribution is -0.136. The number of fused-ring (bicyclic) bond motifs is 1. The summed E-state index contributed by atoms with van der Waals surface area (Å²) in [5.74, 6) is -2.34. The third-order valence-electron chi connectivity index (χ3n) is 4.61. The van der Waals surface area contributed by atoms with Gasteiger partial charge in [0.2, 0.25) is 0 Å². The van der Waals surface area contributed by atoms with Gasteiger partial charge in [-0.1, -0.05) is 24.3 Å². The Balaban J connectivity index is 1.77. The molecule has 0 fully saturated rings. The molecule has 3 N–H and O–H groups in total. The molecule has 2 heterocycles. The number of esters is 1. The molecule has 2 aromatic heterocycles. The zero-order chi connectivity index (χ0) is 22.0. The minimum absolute atomic E-state index is 0.0118. The number of nitrogens with two attached hydrogens (primary N) is 1. The number of nitrogens with zero attached hydrogens (tertiary/aromatic N) is 3. The predicted molar refractivity (Wildman–Crippen MR) is 109 cm³/mol. The van der Waals surface area contributed by atoms with E-state index in [9.17, 15) is 14.0 Å². The van der Waals surface area contributed by atoms with Crippen LogP contribution in [0.5, 0.6) is 5.75 Å². The smallest absolute Gasteiger partial charge is 0.364 e. The molecule has 9 heteroatoms. The number of halogens is 1. The lowest BCUT2D eigenvalue weighted by atomic mass is 10.1. The first-order valence-corrected chi connectivity index (χ1v) is 9.32. The molecule has 0 aliphatic rings. The van der Waals surface area contributed by atoms with Crippen molar-refractivity contribution in [1.82, 2.24) is 14.6 Å². The fourth-order valence-electron chi connectivity index (χ4n) is 3.13. The maximum atomic E-state index is 14.5. The predicted octanol–water partition coefficient (Wildman–Crippen LogP) is 2.84. The number of ether oxygens (including phenoxy) is 1. The Morgan fingerprint density at radius 1 is 1.13 bits per heavy atom. The summed E-state index contributed by atoms with van der Waals surface area (Å²) in [7, 11) is 0. The van der Waals surface area contributed by atoms with Gasteiger partial charge in [0.25, 0.3) is 0 Å². The molecule has 2 aromatic carbocycles. The SMILES string of the molecule is NCc1ccc(F)c(-c2nc(C(=O)Oc3ccccc3CC(=O)O)c3cccn3n2)c1. The number of carbonyl (C=O) groups is 2. The minimum atomic E-state index is -1.06. The number of benzene rings is 2. The van der Waals surface area contributed by atoms with E-state index in [1.54, 1.807) is 42.6 Å². The van der Waals surface area contributed by atoms with Gasteiger partial charge in [-0.25, -0.2) is 18.7 Å². The Labute approximate surface area is 175 Å². The van der Waals surface area contributed by atoms with E-state index >= 15 is 0 Å². The Kier molecular flexibility index (Phi) is 5.42. The summed E-state index contributed by atoms with van der Waals surface area (Å²) in [6, 6.07) is 14.0. The summed E-state index contributed by atoms with van der Waals surface area (Å²) in [5.41, 5.74) is 7.04. The summed E-state index contributed by atoms with van der Waals surface area (Å²) in [4.78, 5) is 28.3. The normalized spacial score (nSPS) is 10.9. The maximum absolute atomic E-state index is 14.5. The highest BCUT2D eigenvalue weighted by atomic mass is 19.1. The topological polar surface area (TPSA) is 120 Å². The second-order valence-corrected chi connectivity index (χ2v) is 6.71. The molecule has 0 bridgehead atoms. The average molecular weight is 420 g/mol. The first-order chi connectivity index (χ1) is 15.0.